The molecule has 1 N–H and O–H groups in total. The first-order valence-electron chi connectivity index (χ1n) is 7.37. The van der Waals surface area contributed by atoms with E-state index in [4.69, 9.17) is 9.47 Å². The maximum absolute atomic E-state index is 9.95. The van der Waals surface area contributed by atoms with Crippen LogP contribution in [-0.4, -0.2) is 36.8 Å². The molecular formula is C16H25NO3. The zero-order valence-corrected chi connectivity index (χ0v) is 12.7. The number of aromatic hydroxyl groups is 1. The first-order chi connectivity index (χ1) is 9.69. The van der Waals surface area contributed by atoms with Gasteiger partial charge in [-0.25, -0.2) is 0 Å². The Labute approximate surface area is 121 Å². The van der Waals surface area contributed by atoms with Crippen molar-refractivity contribution >= 4 is 0 Å². The number of ether oxygens (including phenoxy) is 2. The molecule has 4 heteroatoms. The van der Waals surface area contributed by atoms with Crippen LogP contribution in [0, 0.1) is 0 Å². The molecule has 1 aliphatic carbocycles. The van der Waals surface area contributed by atoms with Crippen LogP contribution in [0.5, 0.6) is 17.2 Å². The summed E-state index contributed by atoms with van der Waals surface area (Å²) in [5.74, 6) is 1.02. The molecule has 0 bridgehead atoms. The molecule has 1 aromatic rings. The van der Waals surface area contributed by atoms with Crippen LogP contribution in [-0.2, 0) is 6.54 Å². The summed E-state index contributed by atoms with van der Waals surface area (Å²) in [4.78, 5) is 2.50. The molecule has 1 aliphatic rings. The van der Waals surface area contributed by atoms with Gasteiger partial charge in [0, 0.05) is 12.6 Å². The van der Waals surface area contributed by atoms with Crippen molar-refractivity contribution in [3.05, 3.63) is 17.7 Å². The van der Waals surface area contributed by atoms with Crippen LogP contribution in [0.2, 0.25) is 0 Å². The van der Waals surface area contributed by atoms with Crippen LogP contribution in [0.4, 0.5) is 0 Å². The van der Waals surface area contributed by atoms with Crippen molar-refractivity contribution < 1.29 is 14.6 Å². The third-order valence-electron chi connectivity index (χ3n) is 4.17. The summed E-state index contributed by atoms with van der Waals surface area (Å²) in [6.07, 6.45) is 5.26. The second kappa shape index (κ2) is 6.84. The topological polar surface area (TPSA) is 41.9 Å². The van der Waals surface area contributed by atoms with Crippen LogP contribution < -0.4 is 9.47 Å². The van der Waals surface area contributed by atoms with Gasteiger partial charge >= 0.3 is 0 Å². The molecule has 0 aromatic heterocycles. The minimum Gasteiger partial charge on any atom is -0.502 e. The normalized spacial score (nSPS) is 15.8. The lowest BCUT2D eigenvalue weighted by Crippen LogP contribution is -2.32. The van der Waals surface area contributed by atoms with E-state index < -0.39 is 0 Å². The SMILES string of the molecule is CCN(Cc1cc(OC)c(O)c(OC)c1)C1CCCC1. The van der Waals surface area contributed by atoms with Crippen molar-refractivity contribution in [2.75, 3.05) is 20.8 Å². The molecule has 0 aliphatic heterocycles. The molecule has 0 saturated heterocycles. The van der Waals surface area contributed by atoms with E-state index in [-0.39, 0.29) is 5.75 Å². The summed E-state index contributed by atoms with van der Waals surface area (Å²) in [5.41, 5.74) is 1.12. The Hall–Kier alpha value is -1.42. The van der Waals surface area contributed by atoms with E-state index in [1.165, 1.54) is 25.7 Å². The summed E-state index contributed by atoms with van der Waals surface area (Å²) in [5, 5.41) is 9.95. The summed E-state index contributed by atoms with van der Waals surface area (Å²) in [6, 6.07) is 4.48. The van der Waals surface area contributed by atoms with Gasteiger partial charge in [-0.05, 0) is 37.1 Å². The van der Waals surface area contributed by atoms with Crippen LogP contribution in [0.1, 0.15) is 38.2 Å². The van der Waals surface area contributed by atoms with Crippen molar-refractivity contribution in [1.29, 1.82) is 0 Å². The van der Waals surface area contributed by atoms with Crippen LogP contribution >= 0.6 is 0 Å². The minimum atomic E-state index is 0.0719. The summed E-state index contributed by atoms with van der Waals surface area (Å²) in [7, 11) is 3.12. The van der Waals surface area contributed by atoms with Gasteiger partial charge in [-0.15, -0.1) is 0 Å². The van der Waals surface area contributed by atoms with Gasteiger partial charge in [-0.2, -0.15) is 0 Å². The average molecular weight is 279 g/mol. The van der Waals surface area contributed by atoms with E-state index in [0.717, 1.165) is 18.7 Å². The summed E-state index contributed by atoms with van der Waals surface area (Å²) < 4.78 is 10.4. The van der Waals surface area contributed by atoms with E-state index in [1.54, 1.807) is 14.2 Å². The number of benzene rings is 1. The number of hydrogen-bond acceptors (Lipinski definition) is 4. The second-order valence-electron chi connectivity index (χ2n) is 5.35. The van der Waals surface area contributed by atoms with Gasteiger partial charge in [-0.1, -0.05) is 19.8 Å². The number of rotatable bonds is 6. The third-order valence-corrected chi connectivity index (χ3v) is 4.17. The molecule has 0 atom stereocenters. The van der Waals surface area contributed by atoms with Gasteiger partial charge in [-0.3, -0.25) is 4.90 Å². The van der Waals surface area contributed by atoms with Gasteiger partial charge in [0.05, 0.1) is 14.2 Å². The van der Waals surface area contributed by atoms with Crippen molar-refractivity contribution in [1.82, 2.24) is 4.90 Å². The summed E-state index contributed by atoms with van der Waals surface area (Å²) >= 11 is 0. The van der Waals surface area contributed by atoms with Gasteiger partial charge in [0.25, 0.3) is 0 Å². The Morgan fingerprint density at radius 3 is 2.15 bits per heavy atom. The predicted molar refractivity (Wildman–Crippen MR) is 79.6 cm³/mol. The lowest BCUT2D eigenvalue weighted by atomic mass is 10.1. The largest absolute Gasteiger partial charge is 0.502 e. The van der Waals surface area contributed by atoms with Gasteiger partial charge in [0.2, 0.25) is 5.75 Å². The standard InChI is InChI=1S/C16H25NO3/c1-4-17(13-7-5-6-8-13)11-12-9-14(19-2)16(18)15(10-12)20-3/h9-10,13,18H,4-8,11H2,1-3H3. The average Bonchev–Trinajstić information content (AvgIpc) is 3.00. The molecule has 0 amide bonds. The van der Waals surface area contributed by atoms with Crippen molar-refractivity contribution in [3.8, 4) is 17.2 Å². The van der Waals surface area contributed by atoms with Gasteiger partial charge in [0.1, 0.15) is 0 Å². The summed E-state index contributed by atoms with van der Waals surface area (Å²) in [6.45, 7) is 4.11. The Balaban J connectivity index is 2.18. The molecule has 1 aromatic carbocycles. The zero-order chi connectivity index (χ0) is 14.5. The number of phenolic OH excluding ortho intramolecular Hbond substituents is 1. The molecule has 0 radical (unpaired) electrons. The molecule has 1 fully saturated rings. The monoisotopic (exact) mass is 279 g/mol. The second-order valence-corrected chi connectivity index (χ2v) is 5.35. The Morgan fingerprint density at radius 2 is 1.70 bits per heavy atom. The predicted octanol–water partition coefficient (Wildman–Crippen LogP) is 3.17. The van der Waals surface area contributed by atoms with E-state index in [2.05, 4.69) is 11.8 Å². The number of hydrogen-bond donors (Lipinski definition) is 1. The van der Waals surface area contributed by atoms with E-state index in [9.17, 15) is 5.11 Å². The van der Waals surface area contributed by atoms with E-state index in [1.807, 2.05) is 12.1 Å². The Kier molecular flexibility index (Phi) is 5.12. The maximum Gasteiger partial charge on any atom is 0.200 e. The van der Waals surface area contributed by atoms with Crippen LogP contribution in [0.15, 0.2) is 12.1 Å². The molecule has 0 unspecified atom stereocenters. The number of nitrogens with zero attached hydrogens (tertiary/aromatic N) is 1. The smallest absolute Gasteiger partial charge is 0.200 e. The molecule has 0 heterocycles. The van der Waals surface area contributed by atoms with E-state index in [0.29, 0.717) is 17.5 Å². The molecular weight excluding hydrogens is 254 g/mol. The fourth-order valence-corrected chi connectivity index (χ4v) is 3.04. The molecule has 112 valence electrons. The molecule has 0 spiro atoms. The Morgan fingerprint density at radius 1 is 1.15 bits per heavy atom. The van der Waals surface area contributed by atoms with Crippen LogP contribution in [0.25, 0.3) is 0 Å². The molecule has 1 saturated carbocycles. The fraction of sp³-hybridized carbons (Fsp3) is 0.625. The van der Waals surface area contributed by atoms with Crippen molar-refractivity contribution in [3.63, 3.8) is 0 Å². The quantitative estimate of drug-likeness (QED) is 0.868. The third kappa shape index (κ3) is 3.18. The lowest BCUT2D eigenvalue weighted by Gasteiger charge is -2.27. The molecule has 4 nitrogen and oxygen atoms in total. The first-order valence-corrected chi connectivity index (χ1v) is 7.37. The fourth-order valence-electron chi connectivity index (χ4n) is 3.04. The highest BCUT2D eigenvalue weighted by Crippen LogP contribution is 2.37. The van der Waals surface area contributed by atoms with Gasteiger partial charge < -0.3 is 14.6 Å². The van der Waals surface area contributed by atoms with Crippen molar-refractivity contribution in [2.24, 2.45) is 0 Å². The van der Waals surface area contributed by atoms with Gasteiger partial charge in [0.15, 0.2) is 11.5 Å². The lowest BCUT2D eigenvalue weighted by molar-refractivity contribution is 0.199. The van der Waals surface area contributed by atoms with Crippen molar-refractivity contribution in [2.45, 2.75) is 45.2 Å². The van der Waals surface area contributed by atoms with Crippen LogP contribution in [0.3, 0.4) is 0 Å². The highest BCUT2D eigenvalue weighted by Gasteiger charge is 2.22. The number of methoxy groups -OCH3 is 2. The Bertz CT molecular complexity index is 416. The molecule has 2 rings (SSSR count). The highest BCUT2D eigenvalue weighted by molar-refractivity contribution is 5.52. The van der Waals surface area contributed by atoms with E-state index >= 15 is 0 Å². The minimum absolute atomic E-state index is 0.0719. The maximum atomic E-state index is 9.95. The molecule has 20 heavy (non-hydrogen) atoms. The first kappa shape index (κ1) is 15.0. The highest BCUT2D eigenvalue weighted by atomic mass is 16.5. The number of phenols is 1. The zero-order valence-electron chi connectivity index (χ0n) is 12.7.